The lowest BCUT2D eigenvalue weighted by Crippen LogP contribution is -2.36. The minimum absolute atomic E-state index is 0.228. The molecule has 29 heavy (non-hydrogen) atoms. The number of aromatic nitrogens is 6. The lowest BCUT2D eigenvalue weighted by molar-refractivity contribution is 0.102. The Labute approximate surface area is 164 Å². The highest BCUT2D eigenvalue weighted by Gasteiger charge is 2.15. The van der Waals surface area contributed by atoms with Gasteiger partial charge in [-0.25, -0.2) is 9.78 Å². The van der Waals surface area contributed by atoms with E-state index in [9.17, 15) is 14.4 Å². The van der Waals surface area contributed by atoms with Gasteiger partial charge in [0.1, 0.15) is 11.3 Å². The number of anilines is 1. The largest absolute Gasteiger partial charge is 0.332 e. The van der Waals surface area contributed by atoms with E-state index in [4.69, 9.17) is 0 Å². The van der Waals surface area contributed by atoms with Crippen molar-refractivity contribution in [3.8, 4) is 11.4 Å². The molecule has 0 bridgehead atoms. The van der Waals surface area contributed by atoms with Crippen LogP contribution in [0.25, 0.3) is 22.6 Å². The van der Waals surface area contributed by atoms with Crippen LogP contribution in [-0.2, 0) is 20.6 Å². The summed E-state index contributed by atoms with van der Waals surface area (Å²) in [6, 6.07) is 6.84. The van der Waals surface area contributed by atoms with E-state index >= 15 is 0 Å². The first-order valence-electron chi connectivity index (χ1n) is 8.99. The predicted octanol–water partition coefficient (Wildman–Crippen LogP) is 1.10. The zero-order valence-corrected chi connectivity index (χ0v) is 16.1. The lowest BCUT2D eigenvalue weighted by Gasteiger charge is -2.04. The molecule has 0 aliphatic rings. The van der Waals surface area contributed by atoms with E-state index in [2.05, 4.69) is 20.4 Å². The van der Waals surface area contributed by atoms with E-state index in [0.29, 0.717) is 29.2 Å². The van der Waals surface area contributed by atoms with Crippen molar-refractivity contribution >= 4 is 22.8 Å². The lowest BCUT2D eigenvalue weighted by atomic mass is 10.1. The number of imidazole rings is 1. The maximum Gasteiger partial charge on any atom is 0.332 e. The zero-order chi connectivity index (χ0) is 20.7. The standard InChI is InChI=1S/C19H19N7O3/c1-4-26-10-13(9-20-26)21-17(27)12-7-5-6-11(8-12)15-22-14-16(23-15)24(2)19(29)25(3)18(14)28/h5-10H,4H2,1-3H3,(H,21,27)(H,22,23). The monoisotopic (exact) mass is 393 g/mol. The van der Waals surface area contributed by atoms with Gasteiger partial charge in [-0.1, -0.05) is 12.1 Å². The number of aryl methyl sites for hydroxylation is 2. The van der Waals surface area contributed by atoms with Gasteiger partial charge in [-0.15, -0.1) is 0 Å². The SMILES string of the molecule is CCn1cc(NC(=O)c2cccc(-c3nc4c([nH]3)c(=O)n(C)c(=O)n4C)c2)cn1. The van der Waals surface area contributed by atoms with Gasteiger partial charge in [-0.2, -0.15) is 5.10 Å². The van der Waals surface area contributed by atoms with Gasteiger partial charge < -0.3 is 10.3 Å². The Kier molecular flexibility index (Phi) is 4.38. The summed E-state index contributed by atoms with van der Waals surface area (Å²) in [5, 5.41) is 6.93. The molecule has 2 N–H and O–H groups in total. The number of rotatable bonds is 4. The number of benzene rings is 1. The summed E-state index contributed by atoms with van der Waals surface area (Å²) in [6.45, 7) is 2.66. The summed E-state index contributed by atoms with van der Waals surface area (Å²) >= 11 is 0. The first kappa shape index (κ1) is 18.4. The Morgan fingerprint density at radius 1 is 1.21 bits per heavy atom. The number of carbonyl (C=O) groups excluding carboxylic acids is 1. The van der Waals surface area contributed by atoms with Crippen LogP contribution >= 0.6 is 0 Å². The molecule has 4 rings (SSSR count). The van der Waals surface area contributed by atoms with Crippen LogP contribution in [0.5, 0.6) is 0 Å². The summed E-state index contributed by atoms with van der Waals surface area (Å²) in [6.07, 6.45) is 3.33. The van der Waals surface area contributed by atoms with Gasteiger partial charge >= 0.3 is 5.69 Å². The summed E-state index contributed by atoms with van der Waals surface area (Å²) in [5.74, 6) is 0.105. The van der Waals surface area contributed by atoms with Gasteiger partial charge in [0.05, 0.1) is 11.9 Å². The van der Waals surface area contributed by atoms with Crippen LogP contribution in [-0.4, -0.2) is 34.8 Å². The molecule has 0 saturated heterocycles. The van der Waals surface area contributed by atoms with E-state index in [-0.39, 0.29) is 17.1 Å². The maximum atomic E-state index is 12.6. The van der Waals surface area contributed by atoms with E-state index in [1.54, 1.807) is 48.4 Å². The Morgan fingerprint density at radius 3 is 2.72 bits per heavy atom. The van der Waals surface area contributed by atoms with Gasteiger partial charge in [-0.3, -0.25) is 23.4 Å². The van der Waals surface area contributed by atoms with Crippen molar-refractivity contribution in [1.29, 1.82) is 0 Å². The van der Waals surface area contributed by atoms with Crippen LogP contribution in [0.1, 0.15) is 17.3 Å². The van der Waals surface area contributed by atoms with Crippen molar-refractivity contribution in [2.75, 3.05) is 5.32 Å². The van der Waals surface area contributed by atoms with E-state index in [1.807, 2.05) is 6.92 Å². The first-order valence-corrected chi connectivity index (χ1v) is 8.99. The van der Waals surface area contributed by atoms with Crippen LogP contribution < -0.4 is 16.6 Å². The molecule has 0 radical (unpaired) electrons. The molecule has 0 atom stereocenters. The maximum absolute atomic E-state index is 12.6. The Morgan fingerprint density at radius 2 is 2.00 bits per heavy atom. The minimum Gasteiger partial charge on any atom is -0.332 e. The van der Waals surface area contributed by atoms with Crippen LogP contribution in [0.2, 0.25) is 0 Å². The van der Waals surface area contributed by atoms with Gasteiger partial charge in [-0.05, 0) is 19.1 Å². The number of hydrogen-bond donors (Lipinski definition) is 2. The van der Waals surface area contributed by atoms with Crippen LogP contribution in [0.3, 0.4) is 0 Å². The van der Waals surface area contributed by atoms with E-state index in [0.717, 1.165) is 4.57 Å². The quantitative estimate of drug-likeness (QED) is 0.538. The number of fused-ring (bicyclic) bond motifs is 1. The average molecular weight is 393 g/mol. The molecule has 0 saturated carbocycles. The Hall–Kier alpha value is -3.95. The molecular weight excluding hydrogens is 374 g/mol. The third-order valence-corrected chi connectivity index (χ3v) is 4.71. The van der Waals surface area contributed by atoms with Crippen LogP contribution in [0.15, 0.2) is 46.2 Å². The second kappa shape index (κ2) is 6.89. The van der Waals surface area contributed by atoms with E-state index < -0.39 is 11.2 Å². The molecule has 3 aromatic heterocycles. The highest BCUT2D eigenvalue weighted by atomic mass is 16.2. The molecule has 4 aromatic rings. The van der Waals surface area contributed by atoms with Crippen LogP contribution in [0.4, 0.5) is 5.69 Å². The van der Waals surface area contributed by atoms with Crippen molar-refractivity contribution in [2.24, 2.45) is 14.1 Å². The second-order valence-corrected chi connectivity index (χ2v) is 6.61. The molecular formula is C19H19N7O3. The minimum atomic E-state index is -0.457. The number of nitrogens with zero attached hydrogens (tertiary/aromatic N) is 5. The van der Waals surface area contributed by atoms with Gasteiger partial charge in [0.15, 0.2) is 5.65 Å². The van der Waals surface area contributed by atoms with Crippen molar-refractivity contribution in [3.05, 3.63) is 63.1 Å². The van der Waals surface area contributed by atoms with Crippen LogP contribution in [0, 0.1) is 0 Å². The number of H-pyrrole nitrogens is 1. The Bertz CT molecular complexity index is 1360. The fourth-order valence-electron chi connectivity index (χ4n) is 3.07. The molecule has 0 aliphatic heterocycles. The molecule has 0 spiro atoms. The molecule has 0 aliphatic carbocycles. The van der Waals surface area contributed by atoms with Crippen molar-refractivity contribution in [2.45, 2.75) is 13.5 Å². The molecule has 0 fully saturated rings. The average Bonchev–Trinajstić information content (AvgIpc) is 3.38. The third-order valence-electron chi connectivity index (χ3n) is 4.71. The predicted molar refractivity (Wildman–Crippen MR) is 108 cm³/mol. The summed E-state index contributed by atoms with van der Waals surface area (Å²) in [4.78, 5) is 44.4. The van der Waals surface area contributed by atoms with Crippen molar-refractivity contribution in [3.63, 3.8) is 0 Å². The molecule has 10 heteroatoms. The molecule has 0 unspecified atom stereocenters. The first-order chi connectivity index (χ1) is 13.9. The molecule has 148 valence electrons. The zero-order valence-electron chi connectivity index (χ0n) is 16.1. The molecule has 10 nitrogen and oxygen atoms in total. The normalized spacial score (nSPS) is 11.1. The van der Waals surface area contributed by atoms with Crippen molar-refractivity contribution < 1.29 is 4.79 Å². The Balaban J connectivity index is 1.71. The molecule has 1 aromatic carbocycles. The smallest absolute Gasteiger partial charge is 0.332 e. The summed E-state index contributed by atoms with van der Waals surface area (Å²) < 4.78 is 4.04. The molecule has 3 heterocycles. The van der Waals surface area contributed by atoms with Gasteiger partial charge in [0.25, 0.3) is 11.5 Å². The number of amides is 1. The van der Waals surface area contributed by atoms with Crippen molar-refractivity contribution in [1.82, 2.24) is 28.9 Å². The summed E-state index contributed by atoms with van der Waals surface area (Å²) in [5.41, 5.74) is 1.22. The fourth-order valence-corrected chi connectivity index (χ4v) is 3.07. The number of hydrogen-bond acceptors (Lipinski definition) is 5. The number of carbonyl (C=O) groups is 1. The highest BCUT2D eigenvalue weighted by Crippen LogP contribution is 2.20. The van der Waals surface area contributed by atoms with E-state index in [1.165, 1.54) is 11.6 Å². The topological polar surface area (TPSA) is 120 Å². The highest BCUT2D eigenvalue weighted by molar-refractivity contribution is 6.04. The second-order valence-electron chi connectivity index (χ2n) is 6.61. The number of aromatic amines is 1. The van der Waals surface area contributed by atoms with Gasteiger partial charge in [0.2, 0.25) is 0 Å². The fraction of sp³-hybridized carbons (Fsp3) is 0.211. The summed E-state index contributed by atoms with van der Waals surface area (Å²) in [7, 11) is 2.96. The third kappa shape index (κ3) is 3.14. The van der Waals surface area contributed by atoms with Gasteiger partial charge in [0, 0.05) is 38.0 Å². The number of nitrogens with one attached hydrogen (secondary N) is 2. The molecule has 1 amide bonds.